The van der Waals surface area contributed by atoms with E-state index in [4.69, 9.17) is 9.84 Å². The van der Waals surface area contributed by atoms with E-state index in [9.17, 15) is 9.59 Å². The third-order valence-corrected chi connectivity index (χ3v) is 6.74. The summed E-state index contributed by atoms with van der Waals surface area (Å²) in [6, 6.07) is 7.04. The number of rotatable bonds is 5. The highest BCUT2D eigenvalue weighted by Gasteiger charge is 2.31. The van der Waals surface area contributed by atoms with E-state index in [1.54, 1.807) is 35.8 Å². The van der Waals surface area contributed by atoms with E-state index in [2.05, 4.69) is 31.4 Å². The molecule has 0 spiro atoms. The lowest BCUT2D eigenvalue weighted by atomic mass is 10.1. The highest BCUT2D eigenvalue weighted by atomic mass is 32.1. The Bertz CT molecular complexity index is 1350. The van der Waals surface area contributed by atoms with Crippen LogP contribution in [0.25, 0.3) is 0 Å². The number of carbonyl (C=O) groups is 2. The Morgan fingerprint density at radius 2 is 2.26 bits per heavy atom. The monoisotopic (exact) mass is 490 g/mol. The SMILES string of the molecule is COc1ccc2c(c1)C(=O)N(c1nc(C(=O)Nc3cnccc3N3CCN[C@@H](C#CO)C3)cs1)C2. The van der Waals surface area contributed by atoms with Gasteiger partial charge in [-0.05, 0) is 29.7 Å². The average molecular weight is 491 g/mol. The zero-order valence-corrected chi connectivity index (χ0v) is 19.6. The number of benzene rings is 1. The number of aliphatic hydroxyl groups excluding tert-OH is 1. The molecule has 1 aromatic carbocycles. The molecular formula is C24H22N6O4S. The van der Waals surface area contributed by atoms with E-state index in [-0.39, 0.29) is 17.6 Å². The van der Waals surface area contributed by atoms with Gasteiger partial charge in [0.1, 0.15) is 17.5 Å². The van der Waals surface area contributed by atoms with Gasteiger partial charge in [-0.3, -0.25) is 19.5 Å². The summed E-state index contributed by atoms with van der Waals surface area (Å²) in [6.45, 7) is 2.33. The number of ether oxygens (including phenoxy) is 1. The lowest BCUT2D eigenvalue weighted by Crippen LogP contribution is -2.50. The van der Waals surface area contributed by atoms with Crippen LogP contribution in [-0.4, -0.2) is 59.7 Å². The van der Waals surface area contributed by atoms with Gasteiger partial charge in [-0.2, -0.15) is 0 Å². The van der Waals surface area contributed by atoms with Crippen LogP contribution in [0.4, 0.5) is 16.5 Å². The van der Waals surface area contributed by atoms with Crippen LogP contribution in [0.5, 0.6) is 5.75 Å². The molecule has 0 unspecified atom stereocenters. The third-order valence-electron chi connectivity index (χ3n) is 5.88. The molecule has 1 fully saturated rings. The molecule has 1 atom stereocenters. The number of aliphatic hydroxyl groups is 1. The van der Waals surface area contributed by atoms with Crippen LogP contribution in [0.2, 0.25) is 0 Å². The van der Waals surface area contributed by atoms with Gasteiger partial charge < -0.3 is 25.4 Å². The lowest BCUT2D eigenvalue weighted by molar-refractivity contribution is 0.0991. The van der Waals surface area contributed by atoms with E-state index in [0.29, 0.717) is 48.3 Å². The first-order chi connectivity index (χ1) is 17.1. The Morgan fingerprint density at radius 3 is 3.09 bits per heavy atom. The number of hydrogen-bond acceptors (Lipinski definition) is 9. The van der Waals surface area contributed by atoms with E-state index in [0.717, 1.165) is 11.3 Å². The fraction of sp³-hybridized carbons (Fsp3) is 0.250. The summed E-state index contributed by atoms with van der Waals surface area (Å²) in [7, 11) is 1.56. The molecule has 35 heavy (non-hydrogen) atoms. The van der Waals surface area contributed by atoms with Crippen LogP contribution in [0.3, 0.4) is 0 Å². The first-order valence-corrected chi connectivity index (χ1v) is 11.8. The number of methoxy groups -OCH3 is 1. The number of anilines is 3. The molecule has 1 saturated heterocycles. The molecule has 5 rings (SSSR count). The Hall–Kier alpha value is -4.14. The highest BCUT2D eigenvalue weighted by molar-refractivity contribution is 7.14. The molecule has 0 bridgehead atoms. The summed E-state index contributed by atoms with van der Waals surface area (Å²) < 4.78 is 5.23. The van der Waals surface area contributed by atoms with Gasteiger partial charge in [-0.1, -0.05) is 6.07 Å². The Balaban J connectivity index is 1.32. The van der Waals surface area contributed by atoms with Crippen molar-refractivity contribution in [2.75, 3.05) is 41.9 Å². The van der Waals surface area contributed by atoms with Crippen molar-refractivity contribution in [2.45, 2.75) is 12.6 Å². The number of nitrogens with one attached hydrogen (secondary N) is 2. The van der Waals surface area contributed by atoms with E-state index < -0.39 is 5.91 Å². The summed E-state index contributed by atoms with van der Waals surface area (Å²) in [5, 5.41) is 17.1. The van der Waals surface area contributed by atoms with E-state index in [1.807, 2.05) is 24.3 Å². The Morgan fingerprint density at radius 1 is 1.37 bits per heavy atom. The van der Waals surface area contributed by atoms with Crippen LogP contribution in [0, 0.1) is 12.0 Å². The molecule has 2 aliphatic heterocycles. The smallest absolute Gasteiger partial charge is 0.275 e. The molecule has 2 aromatic heterocycles. The predicted octanol–water partition coefficient (Wildman–Crippen LogP) is 2.07. The molecule has 0 aliphatic carbocycles. The van der Waals surface area contributed by atoms with Crippen LogP contribution < -0.4 is 25.2 Å². The van der Waals surface area contributed by atoms with Gasteiger partial charge in [0, 0.05) is 36.8 Å². The number of aromatic nitrogens is 2. The largest absolute Gasteiger partial charge is 0.497 e. The third kappa shape index (κ3) is 4.49. The Labute approximate surface area is 205 Å². The number of thiazole rings is 1. The molecule has 2 amide bonds. The minimum absolute atomic E-state index is 0.172. The minimum Gasteiger partial charge on any atom is -0.497 e. The maximum atomic E-state index is 13.0. The lowest BCUT2D eigenvalue weighted by Gasteiger charge is -2.33. The summed E-state index contributed by atoms with van der Waals surface area (Å²) in [5.74, 6) is 2.77. The Kier molecular flexibility index (Phi) is 6.22. The van der Waals surface area contributed by atoms with E-state index >= 15 is 0 Å². The van der Waals surface area contributed by atoms with Gasteiger partial charge >= 0.3 is 0 Å². The predicted molar refractivity (Wildman–Crippen MR) is 132 cm³/mol. The average Bonchev–Trinajstić information content (AvgIpc) is 3.49. The zero-order valence-electron chi connectivity index (χ0n) is 18.8. The molecule has 3 aromatic rings. The number of pyridine rings is 1. The first kappa shape index (κ1) is 22.6. The second-order valence-electron chi connectivity index (χ2n) is 7.99. The van der Waals surface area contributed by atoms with Crippen LogP contribution in [0.15, 0.2) is 42.0 Å². The molecule has 2 aliphatic rings. The van der Waals surface area contributed by atoms with Crippen molar-refractivity contribution in [3.8, 4) is 17.8 Å². The number of piperazine rings is 1. The molecular weight excluding hydrogens is 468 g/mol. The van der Waals surface area contributed by atoms with Gasteiger partial charge in [0.2, 0.25) is 0 Å². The van der Waals surface area contributed by atoms with Gasteiger partial charge in [0.15, 0.2) is 5.13 Å². The van der Waals surface area contributed by atoms with Gasteiger partial charge in [-0.25, -0.2) is 4.98 Å². The second-order valence-corrected chi connectivity index (χ2v) is 8.82. The van der Waals surface area contributed by atoms with Gasteiger partial charge in [0.25, 0.3) is 11.8 Å². The number of hydrogen-bond donors (Lipinski definition) is 3. The second kappa shape index (κ2) is 9.61. The summed E-state index contributed by atoms with van der Waals surface area (Å²) in [5.41, 5.74) is 3.02. The number of amides is 2. The molecule has 11 heteroatoms. The fourth-order valence-electron chi connectivity index (χ4n) is 4.14. The van der Waals surface area contributed by atoms with Crippen molar-refractivity contribution >= 4 is 39.7 Å². The topological polar surface area (TPSA) is 120 Å². The van der Waals surface area contributed by atoms with Crippen molar-refractivity contribution in [3.05, 3.63) is 58.9 Å². The summed E-state index contributed by atoms with van der Waals surface area (Å²) >= 11 is 1.24. The zero-order chi connectivity index (χ0) is 24.4. The highest BCUT2D eigenvalue weighted by Crippen LogP contribution is 2.33. The minimum atomic E-state index is -0.394. The number of nitrogens with zero attached hydrogens (tertiary/aromatic N) is 4. The quantitative estimate of drug-likeness (QED) is 0.465. The fourth-order valence-corrected chi connectivity index (χ4v) is 4.95. The van der Waals surface area contributed by atoms with Crippen molar-refractivity contribution in [2.24, 2.45) is 0 Å². The van der Waals surface area contributed by atoms with Gasteiger partial charge in [0.05, 0.1) is 37.3 Å². The summed E-state index contributed by atoms with van der Waals surface area (Å²) in [4.78, 5) is 38.2. The van der Waals surface area contributed by atoms with Crippen LogP contribution >= 0.6 is 11.3 Å². The van der Waals surface area contributed by atoms with Crippen molar-refractivity contribution in [3.63, 3.8) is 0 Å². The molecule has 10 nitrogen and oxygen atoms in total. The summed E-state index contributed by atoms with van der Waals surface area (Å²) in [6.07, 6.45) is 5.20. The van der Waals surface area contributed by atoms with Gasteiger partial charge in [-0.15, -0.1) is 11.3 Å². The maximum absolute atomic E-state index is 13.0. The normalized spacial score (nSPS) is 16.9. The molecule has 4 heterocycles. The first-order valence-electron chi connectivity index (χ1n) is 10.9. The van der Waals surface area contributed by atoms with Crippen LogP contribution in [-0.2, 0) is 6.54 Å². The number of carbonyl (C=O) groups excluding carboxylic acids is 2. The van der Waals surface area contributed by atoms with E-state index in [1.165, 1.54) is 11.3 Å². The van der Waals surface area contributed by atoms with Crippen LogP contribution in [0.1, 0.15) is 26.4 Å². The molecule has 0 radical (unpaired) electrons. The van der Waals surface area contributed by atoms with Crippen molar-refractivity contribution in [1.29, 1.82) is 0 Å². The maximum Gasteiger partial charge on any atom is 0.275 e. The molecule has 0 saturated carbocycles. The number of fused-ring (bicyclic) bond motifs is 1. The molecule has 178 valence electrons. The van der Waals surface area contributed by atoms with Crippen molar-refractivity contribution in [1.82, 2.24) is 15.3 Å². The molecule has 3 N–H and O–H groups in total. The van der Waals surface area contributed by atoms with Crippen molar-refractivity contribution < 1.29 is 19.4 Å². The standard InChI is InChI=1S/C24H22N6O4S/c1-34-17-3-2-15-12-30(23(33)18(15)10-17)24-28-20(14-35-24)22(32)27-19-11-25-6-4-21(19)29-8-7-26-16(13-29)5-9-31/h2-4,6,10-11,14,16,26,31H,7-8,12-13H2,1H3,(H,27,32)/t16-/m0/s1.